The molecule has 3 aromatic heterocycles. The molecule has 3 heterocycles. The van der Waals surface area contributed by atoms with E-state index in [-0.39, 0.29) is 5.16 Å². The van der Waals surface area contributed by atoms with E-state index in [2.05, 4.69) is 14.3 Å². The minimum Gasteiger partial charge on any atom is -0.497 e. The van der Waals surface area contributed by atoms with Gasteiger partial charge in [-0.1, -0.05) is 12.1 Å². The number of ether oxygens (including phenoxy) is 1. The molecule has 0 spiro atoms. The van der Waals surface area contributed by atoms with Gasteiger partial charge in [0.15, 0.2) is 0 Å². The lowest BCUT2D eigenvalue weighted by Gasteiger charge is -2.07. The zero-order chi connectivity index (χ0) is 17.6. The van der Waals surface area contributed by atoms with Crippen molar-refractivity contribution in [1.82, 2.24) is 18.9 Å². The summed E-state index contributed by atoms with van der Waals surface area (Å²) >= 11 is 1.35. The molecule has 0 aliphatic carbocycles. The number of hydrogen-bond donors (Lipinski definition) is 0. The summed E-state index contributed by atoms with van der Waals surface area (Å²) in [6.45, 7) is 0.544. The average molecular weight is 374 g/mol. The topological polar surface area (TPSA) is 87.0 Å². The smallest absolute Gasteiger partial charge is 0.248 e. The van der Waals surface area contributed by atoms with Crippen LogP contribution in [0, 0.1) is 0 Å². The summed E-state index contributed by atoms with van der Waals surface area (Å²) in [4.78, 5) is 8.30. The predicted octanol–water partition coefficient (Wildman–Crippen LogP) is 2.50. The number of benzene rings is 1. The molecule has 0 fully saturated rings. The third-order valence-electron chi connectivity index (χ3n) is 3.92. The Bertz CT molecular complexity index is 1180. The van der Waals surface area contributed by atoms with Gasteiger partial charge < -0.3 is 9.30 Å². The maximum Gasteiger partial charge on any atom is 0.248 e. The molecule has 0 saturated carbocycles. The van der Waals surface area contributed by atoms with Crippen LogP contribution < -0.4 is 4.74 Å². The molecule has 0 amide bonds. The van der Waals surface area contributed by atoms with Crippen LogP contribution in [-0.4, -0.2) is 40.7 Å². The van der Waals surface area contributed by atoms with E-state index in [1.165, 1.54) is 11.5 Å². The maximum atomic E-state index is 11.8. The van der Waals surface area contributed by atoms with Gasteiger partial charge in [-0.05, 0) is 29.2 Å². The molecule has 0 radical (unpaired) electrons. The van der Waals surface area contributed by atoms with E-state index in [1.54, 1.807) is 19.5 Å². The standard InChI is InChI=1S/C16H14N4O3S2/c1-23-11-5-3-10(4-6-11)9-20-13-8-18-24-14(13)12-7-17-16(19-15(12)20)25(2,21)22/h3-8H,9H2,1-2H3. The van der Waals surface area contributed by atoms with Crippen molar-refractivity contribution < 1.29 is 13.2 Å². The highest BCUT2D eigenvalue weighted by Crippen LogP contribution is 2.31. The van der Waals surface area contributed by atoms with E-state index in [0.717, 1.165) is 33.2 Å². The lowest BCUT2D eigenvalue weighted by Crippen LogP contribution is -2.06. The van der Waals surface area contributed by atoms with Crippen LogP contribution >= 0.6 is 11.5 Å². The highest BCUT2D eigenvalue weighted by molar-refractivity contribution is 7.90. The van der Waals surface area contributed by atoms with Gasteiger partial charge in [0.2, 0.25) is 15.0 Å². The highest BCUT2D eigenvalue weighted by atomic mass is 32.2. The van der Waals surface area contributed by atoms with Crippen molar-refractivity contribution in [2.75, 3.05) is 13.4 Å². The third kappa shape index (κ3) is 2.75. The Balaban J connectivity index is 1.90. The lowest BCUT2D eigenvalue weighted by molar-refractivity contribution is 0.414. The van der Waals surface area contributed by atoms with Crippen LogP contribution in [0.5, 0.6) is 5.75 Å². The van der Waals surface area contributed by atoms with Crippen molar-refractivity contribution in [3.8, 4) is 5.75 Å². The van der Waals surface area contributed by atoms with Gasteiger partial charge in [-0.3, -0.25) is 0 Å². The van der Waals surface area contributed by atoms with Crippen molar-refractivity contribution in [3.05, 3.63) is 42.2 Å². The SMILES string of the molecule is COc1ccc(Cn2c3cnsc3c3cnc(S(C)(=O)=O)nc32)cc1. The zero-order valence-electron chi connectivity index (χ0n) is 13.5. The summed E-state index contributed by atoms with van der Waals surface area (Å²) < 4.78 is 36.0. The van der Waals surface area contributed by atoms with Crippen molar-refractivity contribution in [3.63, 3.8) is 0 Å². The van der Waals surface area contributed by atoms with E-state index < -0.39 is 9.84 Å². The monoisotopic (exact) mass is 374 g/mol. The van der Waals surface area contributed by atoms with Crippen LogP contribution in [0.2, 0.25) is 0 Å². The number of sulfone groups is 1. The quantitative estimate of drug-likeness (QED) is 0.510. The molecule has 0 aliphatic heterocycles. The predicted molar refractivity (Wildman–Crippen MR) is 95.9 cm³/mol. The second-order valence-corrected chi connectivity index (χ2v) is 8.35. The molecule has 0 unspecified atom stereocenters. The molecule has 4 rings (SSSR count). The molecule has 0 N–H and O–H groups in total. The van der Waals surface area contributed by atoms with Gasteiger partial charge in [0.1, 0.15) is 11.4 Å². The van der Waals surface area contributed by atoms with Gasteiger partial charge in [0.25, 0.3) is 0 Å². The molecular weight excluding hydrogens is 360 g/mol. The first-order chi connectivity index (χ1) is 12.0. The van der Waals surface area contributed by atoms with Gasteiger partial charge >= 0.3 is 0 Å². The van der Waals surface area contributed by atoms with E-state index >= 15 is 0 Å². The minimum atomic E-state index is -3.48. The van der Waals surface area contributed by atoms with Crippen molar-refractivity contribution in [2.45, 2.75) is 11.7 Å². The second kappa shape index (κ2) is 5.78. The van der Waals surface area contributed by atoms with Crippen molar-refractivity contribution >= 4 is 42.6 Å². The number of hydrogen-bond acceptors (Lipinski definition) is 7. The zero-order valence-corrected chi connectivity index (χ0v) is 15.1. The van der Waals surface area contributed by atoms with Crippen LogP contribution in [-0.2, 0) is 16.4 Å². The van der Waals surface area contributed by atoms with Crippen molar-refractivity contribution in [2.24, 2.45) is 0 Å². The Kier molecular flexibility index (Phi) is 3.69. The molecule has 7 nitrogen and oxygen atoms in total. The van der Waals surface area contributed by atoms with Gasteiger partial charge in [0.05, 0.1) is 28.9 Å². The van der Waals surface area contributed by atoms with E-state index in [0.29, 0.717) is 12.2 Å². The van der Waals surface area contributed by atoms with Crippen molar-refractivity contribution in [1.29, 1.82) is 0 Å². The number of aromatic nitrogens is 4. The van der Waals surface area contributed by atoms with Crippen LogP contribution in [0.1, 0.15) is 5.56 Å². The summed E-state index contributed by atoms with van der Waals surface area (Å²) in [7, 11) is -1.85. The summed E-state index contributed by atoms with van der Waals surface area (Å²) in [5.74, 6) is 0.783. The van der Waals surface area contributed by atoms with Gasteiger partial charge in [-0.25, -0.2) is 13.4 Å². The van der Waals surface area contributed by atoms with Crippen LogP contribution in [0.4, 0.5) is 0 Å². The number of fused-ring (bicyclic) bond motifs is 3. The first-order valence-corrected chi connectivity index (χ1v) is 10.1. The fraction of sp³-hybridized carbons (Fsp3) is 0.188. The number of nitrogens with zero attached hydrogens (tertiary/aromatic N) is 4. The molecule has 1 aromatic carbocycles. The summed E-state index contributed by atoms with van der Waals surface area (Å²) in [5.41, 5.74) is 2.55. The molecule has 0 saturated heterocycles. The summed E-state index contributed by atoms with van der Waals surface area (Å²) in [5, 5.41) is 0.632. The molecule has 4 aromatic rings. The molecule has 0 aliphatic rings. The number of methoxy groups -OCH3 is 1. The molecular formula is C16H14N4O3S2. The Labute approximate surface area is 148 Å². The average Bonchev–Trinajstić information content (AvgIpc) is 3.17. The highest BCUT2D eigenvalue weighted by Gasteiger charge is 2.19. The normalized spacial score (nSPS) is 12.1. The van der Waals surface area contributed by atoms with E-state index in [9.17, 15) is 8.42 Å². The minimum absolute atomic E-state index is 0.172. The third-order valence-corrected chi connectivity index (χ3v) is 5.60. The van der Waals surface area contributed by atoms with Crippen LogP contribution in [0.25, 0.3) is 21.3 Å². The Morgan fingerprint density at radius 1 is 1.20 bits per heavy atom. The summed E-state index contributed by atoms with van der Waals surface area (Å²) in [6, 6.07) is 7.71. The molecule has 0 atom stereocenters. The van der Waals surface area contributed by atoms with Crippen LogP contribution in [0.3, 0.4) is 0 Å². The summed E-state index contributed by atoms with van der Waals surface area (Å²) in [6.07, 6.45) is 4.43. The Morgan fingerprint density at radius 3 is 2.64 bits per heavy atom. The Morgan fingerprint density at radius 2 is 1.96 bits per heavy atom. The van der Waals surface area contributed by atoms with Crippen LogP contribution in [0.15, 0.2) is 41.8 Å². The van der Waals surface area contributed by atoms with E-state index in [1.807, 2.05) is 28.8 Å². The van der Waals surface area contributed by atoms with E-state index in [4.69, 9.17) is 4.74 Å². The van der Waals surface area contributed by atoms with Gasteiger partial charge in [0, 0.05) is 19.0 Å². The first kappa shape index (κ1) is 16.0. The molecule has 9 heteroatoms. The number of rotatable bonds is 4. The van der Waals surface area contributed by atoms with Gasteiger partial charge in [-0.15, -0.1) is 0 Å². The first-order valence-electron chi connectivity index (χ1n) is 7.40. The fourth-order valence-electron chi connectivity index (χ4n) is 2.70. The molecule has 25 heavy (non-hydrogen) atoms. The largest absolute Gasteiger partial charge is 0.497 e. The molecule has 0 bridgehead atoms. The maximum absolute atomic E-state index is 11.8. The lowest BCUT2D eigenvalue weighted by atomic mass is 10.2. The van der Waals surface area contributed by atoms with Gasteiger partial charge in [-0.2, -0.15) is 9.36 Å². The fourth-order valence-corrected chi connectivity index (χ4v) is 3.96. The second-order valence-electron chi connectivity index (χ2n) is 5.64. The molecule has 128 valence electrons. The Hall–Kier alpha value is -2.52.